The van der Waals surface area contributed by atoms with Gasteiger partial charge in [-0.3, -0.25) is 0 Å². The summed E-state index contributed by atoms with van der Waals surface area (Å²) in [6.07, 6.45) is 0. The summed E-state index contributed by atoms with van der Waals surface area (Å²) in [7, 11) is 6.21. The normalized spacial score (nSPS) is 11.6. The Balaban J connectivity index is 0. The van der Waals surface area contributed by atoms with Crippen molar-refractivity contribution in [3.05, 3.63) is 35.9 Å². The first-order valence-electron chi connectivity index (χ1n) is 5.47. The van der Waals surface area contributed by atoms with Crippen molar-refractivity contribution < 1.29 is 19.5 Å². The zero-order valence-corrected chi connectivity index (χ0v) is 12.1. The zero-order chi connectivity index (χ0) is 13.5. The quantitative estimate of drug-likeness (QED) is 0.820. The monoisotopic (exact) mass is 275 g/mol. The number of carbonyl (C=O) groups excluding carboxylic acids is 1. The lowest BCUT2D eigenvalue weighted by molar-refractivity contribution is -0.894. The minimum absolute atomic E-state index is 0. The molecule has 0 spiro atoms. The smallest absolute Gasteiger partial charge is 0.109 e. The Hall–Kier alpha value is -1.10. The SMILES string of the molecule is CC(CO)[N+](C)(C)C.Cl.O=C([O-])c1ccccc1. The van der Waals surface area contributed by atoms with Crippen molar-refractivity contribution in [2.75, 3.05) is 27.7 Å². The molecule has 0 heterocycles. The maximum atomic E-state index is 10.1. The second-order valence-electron chi connectivity index (χ2n) is 4.80. The molecule has 1 aromatic carbocycles. The standard InChI is InChI=1S/C7H6O2.C6H16NO.ClH/c8-7(9)6-4-2-1-3-5-6;1-6(5-8)7(2,3)4;/h1-5H,(H,8,9);6,8H,5H2,1-4H3;1H/q;+1;/p-1. The number of carbonyl (C=O) groups is 1. The Morgan fingerprint density at radius 1 is 1.28 bits per heavy atom. The Kier molecular flexibility index (Phi) is 9.53. The van der Waals surface area contributed by atoms with Gasteiger partial charge in [-0.2, -0.15) is 0 Å². The molecule has 0 aliphatic heterocycles. The predicted molar refractivity (Wildman–Crippen MR) is 72.6 cm³/mol. The summed E-state index contributed by atoms with van der Waals surface area (Å²) in [4.78, 5) is 10.1. The number of benzene rings is 1. The summed E-state index contributed by atoms with van der Waals surface area (Å²) in [5, 5.41) is 18.7. The lowest BCUT2D eigenvalue weighted by Gasteiger charge is -2.29. The van der Waals surface area contributed by atoms with Crippen molar-refractivity contribution in [1.29, 1.82) is 0 Å². The third-order valence-electron chi connectivity index (χ3n) is 2.60. The van der Waals surface area contributed by atoms with Gasteiger partial charge in [-0.05, 0) is 12.5 Å². The van der Waals surface area contributed by atoms with Gasteiger partial charge in [0.15, 0.2) is 0 Å². The number of hydrogen-bond donors (Lipinski definition) is 1. The molecule has 5 heteroatoms. The number of carboxylic acid groups (broad SMARTS) is 1. The largest absolute Gasteiger partial charge is 0.545 e. The highest BCUT2D eigenvalue weighted by atomic mass is 35.5. The van der Waals surface area contributed by atoms with Gasteiger partial charge in [-0.25, -0.2) is 0 Å². The Morgan fingerprint density at radius 2 is 1.72 bits per heavy atom. The van der Waals surface area contributed by atoms with Gasteiger partial charge in [0.05, 0.1) is 33.7 Å². The van der Waals surface area contributed by atoms with Gasteiger partial charge < -0.3 is 19.5 Å². The molecule has 1 N–H and O–H groups in total. The minimum Gasteiger partial charge on any atom is -0.545 e. The number of hydrogen-bond acceptors (Lipinski definition) is 3. The molecule has 104 valence electrons. The number of carboxylic acids is 1. The van der Waals surface area contributed by atoms with E-state index in [1.165, 1.54) is 12.1 Å². The number of rotatable bonds is 3. The van der Waals surface area contributed by atoms with Gasteiger partial charge in [-0.1, -0.05) is 30.3 Å². The first-order chi connectivity index (χ1) is 7.79. The van der Waals surface area contributed by atoms with Gasteiger partial charge in [0.25, 0.3) is 0 Å². The van der Waals surface area contributed by atoms with Gasteiger partial charge in [0, 0.05) is 0 Å². The van der Waals surface area contributed by atoms with Crippen molar-refractivity contribution in [1.82, 2.24) is 0 Å². The molecule has 0 bridgehead atoms. The summed E-state index contributed by atoms with van der Waals surface area (Å²) in [5.74, 6) is -1.13. The highest BCUT2D eigenvalue weighted by Gasteiger charge is 2.15. The fourth-order valence-corrected chi connectivity index (χ4v) is 0.819. The Bertz CT molecular complexity index is 336. The molecule has 1 atom stereocenters. The summed E-state index contributed by atoms with van der Waals surface area (Å²) in [6.45, 7) is 2.30. The molecule has 0 aromatic heterocycles. The minimum atomic E-state index is -1.13. The van der Waals surface area contributed by atoms with E-state index in [1.807, 2.05) is 6.92 Å². The summed E-state index contributed by atoms with van der Waals surface area (Å²) in [5.41, 5.74) is 0.220. The molecule has 18 heavy (non-hydrogen) atoms. The van der Waals surface area contributed by atoms with Crippen LogP contribution in [0.3, 0.4) is 0 Å². The van der Waals surface area contributed by atoms with Crippen LogP contribution in [0.2, 0.25) is 0 Å². The molecule has 1 rings (SSSR count). The first-order valence-corrected chi connectivity index (χ1v) is 5.47. The van der Waals surface area contributed by atoms with Gasteiger partial charge in [0.2, 0.25) is 0 Å². The van der Waals surface area contributed by atoms with Crippen LogP contribution in [0.25, 0.3) is 0 Å². The van der Waals surface area contributed by atoms with E-state index in [0.29, 0.717) is 6.04 Å². The highest BCUT2D eigenvalue weighted by molar-refractivity contribution is 5.85. The molecule has 4 nitrogen and oxygen atoms in total. The molecule has 0 radical (unpaired) electrons. The lowest BCUT2D eigenvalue weighted by atomic mass is 10.2. The zero-order valence-electron chi connectivity index (χ0n) is 11.3. The summed E-state index contributed by atoms with van der Waals surface area (Å²) >= 11 is 0. The van der Waals surface area contributed by atoms with E-state index in [1.54, 1.807) is 18.2 Å². The van der Waals surface area contributed by atoms with E-state index in [4.69, 9.17) is 5.11 Å². The van der Waals surface area contributed by atoms with Crippen LogP contribution in [0.5, 0.6) is 0 Å². The van der Waals surface area contributed by atoms with E-state index in [2.05, 4.69) is 21.1 Å². The molecule has 1 unspecified atom stereocenters. The first kappa shape index (κ1) is 19.2. The average molecular weight is 276 g/mol. The van der Waals surface area contributed by atoms with Gasteiger partial charge in [-0.15, -0.1) is 12.4 Å². The van der Waals surface area contributed by atoms with Crippen LogP contribution in [-0.4, -0.2) is 49.4 Å². The fraction of sp³-hybridized carbons (Fsp3) is 0.462. The van der Waals surface area contributed by atoms with Gasteiger partial charge in [0.1, 0.15) is 6.04 Å². The molecular formula is C13H22ClNO3. The van der Waals surface area contributed by atoms with E-state index < -0.39 is 5.97 Å². The molecule has 1 aromatic rings. The third-order valence-corrected chi connectivity index (χ3v) is 2.60. The molecule has 0 amide bonds. The van der Waals surface area contributed by atoms with E-state index in [9.17, 15) is 9.90 Å². The number of quaternary nitrogens is 1. The van der Waals surface area contributed by atoms with Crippen LogP contribution in [0, 0.1) is 0 Å². The van der Waals surface area contributed by atoms with Crippen molar-refractivity contribution in [2.24, 2.45) is 0 Å². The average Bonchev–Trinajstić information content (AvgIpc) is 2.28. The van der Waals surface area contributed by atoms with Crippen LogP contribution in [0.15, 0.2) is 30.3 Å². The number of nitrogens with zero attached hydrogens (tertiary/aromatic N) is 1. The van der Waals surface area contributed by atoms with Crippen molar-refractivity contribution in [3.63, 3.8) is 0 Å². The van der Waals surface area contributed by atoms with Gasteiger partial charge >= 0.3 is 0 Å². The topological polar surface area (TPSA) is 60.4 Å². The summed E-state index contributed by atoms with van der Waals surface area (Å²) < 4.78 is 0.830. The molecule has 0 saturated heterocycles. The highest BCUT2D eigenvalue weighted by Crippen LogP contribution is 1.98. The number of aliphatic hydroxyl groups excluding tert-OH is 1. The van der Waals surface area contributed by atoms with Crippen molar-refractivity contribution in [3.8, 4) is 0 Å². The molecular weight excluding hydrogens is 254 g/mol. The van der Waals surface area contributed by atoms with Crippen LogP contribution < -0.4 is 5.11 Å². The number of likely N-dealkylation sites (N-methyl/N-ethyl adjacent to an activating group) is 1. The number of halogens is 1. The number of aliphatic hydroxyl groups is 1. The maximum Gasteiger partial charge on any atom is 0.109 e. The number of aromatic carboxylic acids is 1. The van der Waals surface area contributed by atoms with Crippen molar-refractivity contribution in [2.45, 2.75) is 13.0 Å². The molecule has 0 saturated carbocycles. The lowest BCUT2D eigenvalue weighted by Crippen LogP contribution is -2.45. The van der Waals surface area contributed by atoms with E-state index in [0.717, 1.165) is 4.48 Å². The van der Waals surface area contributed by atoms with Crippen molar-refractivity contribution >= 4 is 18.4 Å². The van der Waals surface area contributed by atoms with E-state index >= 15 is 0 Å². The van der Waals surface area contributed by atoms with Crippen LogP contribution in [0.4, 0.5) is 0 Å². The Morgan fingerprint density at radius 3 is 1.89 bits per heavy atom. The van der Waals surface area contributed by atoms with Crippen LogP contribution >= 0.6 is 12.4 Å². The fourth-order valence-electron chi connectivity index (χ4n) is 0.819. The third kappa shape index (κ3) is 8.06. The predicted octanol–water partition coefficient (Wildman–Crippen LogP) is 0.545. The second kappa shape index (κ2) is 8.91. The van der Waals surface area contributed by atoms with Crippen LogP contribution in [0.1, 0.15) is 17.3 Å². The molecule has 0 aliphatic rings. The van der Waals surface area contributed by atoms with Crippen LogP contribution in [-0.2, 0) is 0 Å². The maximum absolute atomic E-state index is 10.1. The second-order valence-corrected chi connectivity index (χ2v) is 4.80. The molecule has 0 fully saturated rings. The molecule has 0 aliphatic carbocycles. The summed E-state index contributed by atoms with van der Waals surface area (Å²) in [6, 6.07) is 8.41. The Labute approximate surface area is 115 Å². The van der Waals surface area contributed by atoms with E-state index in [-0.39, 0.29) is 24.6 Å².